The molecular formula is C18H20N4O2. The molecule has 124 valence electrons. The zero-order valence-corrected chi connectivity index (χ0v) is 14.0. The van der Waals surface area contributed by atoms with Gasteiger partial charge in [0.25, 0.3) is 5.91 Å². The maximum absolute atomic E-state index is 12.2. The molecule has 0 aliphatic carbocycles. The molecule has 0 spiro atoms. The second kappa shape index (κ2) is 6.70. The van der Waals surface area contributed by atoms with Crippen molar-refractivity contribution in [2.75, 3.05) is 6.54 Å². The quantitative estimate of drug-likeness (QED) is 0.783. The molecule has 0 aliphatic heterocycles. The normalized spacial score (nSPS) is 10.8. The number of carbonyl (C=O) groups is 1. The van der Waals surface area contributed by atoms with Crippen molar-refractivity contribution in [3.05, 3.63) is 59.4 Å². The lowest BCUT2D eigenvalue weighted by Crippen LogP contribution is -2.27. The Balaban J connectivity index is 1.62. The molecule has 0 unspecified atom stereocenters. The van der Waals surface area contributed by atoms with E-state index in [1.54, 1.807) is 25.4 Å². The van der Waals surface area contributed by atoms with E-state index in [4.69, 9.17) is 4.42 Å². The number of furan rings is 1. The van der Waals surface area contributed by atoms with E-state index in [2.05, 4.69) is 15.4 Å². The molecule has 0 radical (unpaired) electrons. The Kier molecular flexibility index (Phi) is 4.46. The van der Waals surface area contributed by atoms with E-state index in [-0.39, 0.29) is 5.91 Å². The standard InChI is InChI=1S/C18H20N4O2/c1-12-9-17(15-5-4-6-19-11-15)21-22(12)8-7-20-18(23)16-10-13(2)24-14(16)3/h4-6,9-11H,7-8H2,1-3H3,(H,20,23). The molecule has 3 aromatic heterocycles. The number of amides is 1. The van der Waals surface area contributed by atoms with Gasteiger partial charge in [-0.2, -0.15) is 5.10 Å². The summed E-state index contributed by atoms with van der Waals surface area (Å²) in [4.78, 5) is 16.3. The highest BCUT2D eigenvalue weighted by molar-refractivity contribution is 5.95. The summed E-state index contributed by atoms with van der Waals surface area (Å²) < 4.78 is 7.27. The summed E-state index contributed by atoms with van der Waals surface area (Å²) in [5.41, 5.74) is 3.49. The van der Waals surface area contributed by atoms with Gasteiger partial charge < -0.3 is 9.73 Å². The van der Waals surface area contributed by atoms with Gasteiger partial charge in [-0.25, -0.2) is 0 Å². The van der Waals surface area contributed by atoms with Crippen molar-refractivity contribution in [1.82, 2.24) is 20.1 Å². The summed E-state index contributed by atoms with van der Waals surface area (Å²) in [6.45, 7) is 6.72. The van der Waals surface area contributed by atoms with Crippen LogP contribution in [0, 0.1) is 20.8 Å². The minimum Gasteiger partial charge on any atom is -0.466 e. The van der Waals surface area contributed by atoms with Crippen LogP contribution in [0.4, 0.5) is 0 Å². The van der Waals surface area contributed by atoms with Gasteiger partial charge in [-0.15, -0.1) is 0 Å². The van der Waals surface area contributed by atoms with E-state index in [0.29, 0.717) is 24.4 Å². The fourth-order valence-electron chi connectivity index (χ4n) is 2.62. The molecule has 6 heteroatoms. The third-order valence-electron chi connectivity index (χ3n) is 3.83. The number of hydrogen-bond donors (Lipinski definition) is 1. The van der Waals surface area contributed by atoms with E-state index in [1.807, 2.05) is 36.7 Å². The van der Waals surface area contributed by atoms with Crippen LogP contribution in [0.3, 0.4) is 0 Å². The predicted octanol–water partition coefficient (Wildman–Crippen LogP) is 2.89. The molecule has 0 saturated heterocycles. The molecule has 0 bridgehead atoms. The van der Waals surface area contributed by atoms with Crippen LogP contribution < -0.4 is 5.32 Å². The molecule has 3 rings (SSSR count). The zero-order valence-electron chi connectivity index (χ0n) is 14.0. The molecule has 0 aliphatic rings. The van der Waals surface area contributed by atoms with Crippen molar-refractivity contribution in [1.29, 1.82) is 0 Å². The Bertz CT molecular complexity index is 849. The average molecular weight is 324 g/mol. The fraction of sp³-hybridized carbons (Fsp3) is 0.278. The summed E-state index contributed by atoms with van der Waals surface area (Å²) in [5, 5.41) is 7.48. The van der Waals surface area contributed by atoms with Gasteiger partial charge in [0, 0.05) is 30.2 Å². The molecule has 24 heavy (non-hydrogen) atoms. The Morgan fingerprint density at radius 2 is 2.12 bits per heavy atom. The van der Waals surface area contributed by atoms with Gasteiger partial charge in [-0.05, 0) is 45.0 Å². The first-order valence-corrected chi connectivity index (χ1v) is 7.84. The Morgan fingerprint density at radius 3 is 2.79 bits per heavy atom. The van der Waals surface area contributed by atoms with E-state index < -0.39 is 0 Å². The van der Waals surface area contributed by atoms with Crippen molar-refractivity contribution in [2.45, 2.75) is 27.3 Å². The molecule has 0 aromatic carbocycles. The molecular weight excluding hydrogens is 304 g/mol. The topological polar surface area (TPSA) is 73.0 Å². The third-order valence-corrected chi connectivity index (χ3v) is 3.83. The van der Waals surface area contributed by atoms with Crippen LogP contribution in [0.1, 0.15) is 27.6 Å². The van der Waals surface area contributed by atoms with Gasteiger partial charge in [-0.1, -0.05) is 0 Å². The first-order valence-electron chi connectivity index (χ1n) is 7.84. The van der Waals surface area contributed by atoms with Crippen molar-refractivity contribution in [3.8, 4) is 11.3 Å². The van der Waals surface area contributed by atoms with Crippen molar-refractivity contribution in [3.63, 3.8) is 0 Å². The molecule has 0 saturated carbocycles. The van der Waals surface area contributed by atoms with Gasteiger partial charge >= 0.3 is 0 Å². The van der Waals surface area contributed by atoms with E-state index >= 15 is 0 Å². The number of nitrogens with one attached hydrogen (secondary N) is 1. The smallest absolute Gasteiger partial charge is 0.254 e. The lowest BCUT2D eigenvalue weighted by atomic mass is 10.2. The van der Waals surface area contributed by atoms with Gasteiger partial charge in [0.2, 0.25) is 0 Å². The molecule has 0 fully saturated rings. The lowest BCUT2D eigenvalue weighted by molar-refractivity contribution is 0.0950. The summed E-state index contributed by atoms with van der Waals surface area (Å²) in [5.74, 6) is 1.25. The summed E-state index contributed by atoms with van der Waals surface area (Å²) in [6, 6.07) is 7.64. The van der Waals surface area contributed by atoms with Crippen LogP contribution in [0.5, 0.6) is 0 Å². The lowest BCUT2D eigenvalue weighted by Gasteiger charge is -2.06. The molecule has 6 nitrogen and oxygen atoms in total. The second-order valence-corrected chi connectivity index (χ2v) is 5.72. The molecule has 1 amide bonds. The number of pyridine rings is 1. The number of aryl methyl sites for hydroxylation is 3. The first-order chi connectivity index (χ1) is 11.5. The minimum atomic E-state index is -0.123. The monoisotopic (exact) mass is 324 g/mol. The van der Waals surface area contributed by atoms with E-state index in [0.717, 1.165) is 22.7 Å². The highest BCUT2D eigenvalue weighted by atomic mass is 16.3. The number of aromatic nitrogens is 3. The van der Waals surface area contributed by atoms with Crippen LogP contribution in [-0.2, 0) is 6.54 Å². The Morgan fingerprint density at radius 1 is 1.29 bits per heavy atom. The van der Waals surface area contributed by atoms with Gasteiger partial charge in [0.1, 0.15) is 11.5 Å². The highest BCUT2D eigenvalue weighted by Gasteiger charge is 2.13. The fourth-order valence-corrected chi connectivity index (χ4v) is 2.62. The number of hydrogen-bond acceptors (Lipinski definition) is 4. The zero-order chi connectivity index (χ0) is 17.1. The Hall–Kier alpha value is -2.89. The van der Waals surface area contributed by atoms with Crippen molar-refractivity contribution >= 4 is 5.91 Å². The van der Waals surface area contributed by atoms with Crippen molar-refractivity contribution < 1.29 is 9.21 Å². The largest absolute Gasteiger partial charge is 0.466 e. The van der Waals surface area contributed by atoms with E-state index in [1.165, 1.54) is 0 Å². The maximum Gasteiger partial charge on any atom is 0.254 e. The summed E-state index contributed by atoms with van der Waals surface area (Å²) in [6.07, 6.45) is 3.53. The van der Waals surface area contributed by atoms with Crippen LogP contribution in [0.2, 0.25) is 0 Å². The van der Waals surface area contributed by atoms with Crippen LogP contribution in [0.15, 0.2) is 41.1 Å². The third kappa shape index (κ3) is 3.37. The summed E-state index contributed by atoms with van der Waals surface area (Å²) in [7, 11) is 0. The number of carbonyl (C=O) groups excluding carboxylic acids is 1. The average Bonchev–Trinajstić information content (AvgIpc) is 3.10. The van der Waals surface area contributed by atoms with E-state index in [9.17, 15) is 4.79 Å². The maximum atomic E-state index is 12.2. The SMILES string of the molecule is Cc1cc(C(=O)NCCn2nc(-c3cccnc3)cc2C)c(C)o1. The Labute approximate surface area is 140 Å². The predicted molar refractivity (Wildman–Crippen MR) is 90.7 cm³/mol. The number of nitrogens with zero attached hydrogens (tertiary/aromatic N) is 3. The molecule has 0 atom stereocenters. The minimum absolute atomic E-state index is 0.123. The van der Waals surface area contributed by atoms with Crippen LogP contribution >= 0.6 is 0 Å². The summed E-state index contributed by atoms with van der Waals surface area (Å²) >= 11 is 0. The van der Waals surface area contributed by atoms with Crippen molar-refractivity contribution in [2.24, 2.45) is 0 Å². The molecule has 3 heterocycles. The second-order valence-electron chi connectivity index (χ2n) is 5.72. The molecule has 1 N–H and O–H groups in total. The first kappa shape index (κ1) is 16.0. The van der Waals surface area contributed by atoms with Crippen LogP contribution in [0.25, 0.3) is 11.3 Å². The van der Waals surface area contributed by atoms with Gasteiger partial charge in [0.15, 0.2) is 0 Å². The van der Waals surface area contributed by atoms with Crippen LogP contribution in [-0.4, -0.2) is 27.2 Å². The molecule has 3 aromatic rings. The highest BCUT2D eigenvalue weighted by Crippen LogP contribution is 2.17. The number of rotatable bonds is 5. The van der Waals surface area contributed by atoms with Gasteiger partial charge in [-0.3, -0.25) is 14.5 Å². The van der Waals surface area contributed by atoms with Gasteiger partial charge in [0.05, 0.1) is 17.8 Å².